The largest absolute Gasteiger partial charge is 0.372 e. The third-order valence-corrected chi connectivity index (χ3v) is 6.60. The van der Waals surface area contributed by atoms with Gasteiger partial charge in [0, 0.05) is 39.0 Å². The van der Waals surface area contributed by atoms with Gasteiger partial charge in [-0.25, -0.2) is 4.52 Å². The van der Waals surface area contributed by atoms with Crippen molar-refractivity contribution < 1.29 is 14.3 Å². The number of rotatable bonds is 5. The minimum Gasteiger partial charge on any atom is -0.372 e. The molecule has 7 nitrogen and oxygen atoms in total. The lowest BCUT2D eigenvalue weighted by atomic mass is 9.89. The number of nitrogens with zero attached hydrogens (tertiary/aromatic N) is 4. The molecule has 0 spiro atoms. The highest BCUT2D eigenvalue weighted by molar-refractivity contribution is 6.00. The summed E-state index contributed by atoms with van der Waals surface area (Å²) in [5.74, 6) is 1.24. The van der Waals surface area contributed by atoms with Crippen LogP contribution in [-0.2, 0) is 9.53 Å². The molecule has 30 heavy (non-hydrogen) atoms. The molecule has 162 valence electrons. The van der Waals surface area contributed by atoms with Crippen LogP contribution >= 0.6 is 0 Å². The molecule has 2 aromatic rings. The van der Waals surface area contributed by atoms with Gasteiger partial charge in [0.2, 0.25) is 5.91 Å². The Labute approximate surface area is 178 Å². The first-order chi connectivity index (χ1) is 14.6. The van der Waals surface area contributed by atoms with E-state index in [1.54, 1.807) is 10.7 Å². The van der Waals surface area contributed by atoms with E-state index in [0.29, 0.717) is 24.0 Å². The molecule has 2 aliphatic heterocycles. The summed E-state index contributed by atoms with van der Waals surface area (Å²) in [6, 6.07) is 4.22. The number of hydrogen-bond acceptors (Lipinski definition) is 4. The lowest BCUT2D eigenvalue weighted by Gasteiger charge is -2.32. The van der Waals surface area contributed by atoms with Crippen molar-refractivity contribution in [1.82, 2.24) is 19.4 Å². The van der Waals surface area contributed by atoms with E-state index in [2.05, 4.69) is 24.2 Å². The van der Waals surface area contributed by atoms with E-state index >= 15 is 0 Å². The number of piperidine rings is 2. The zero-order chi connectivity index (χ0) is 21.1. The highest BCUT2D eigenvalue weighted by atomic mass is 16.5. The van der Waals surface area contributed by atoms with Gasteiger partial charge in [-0.2, -0.15) is 5.10 Å². The van der Waals surface area contributed by atoms with Crippen molar-refractivity contribution >= 4 is 17.3 Å². The van der Waals surface area contributed by atoms with Crippen LogP contribution in [0.25, 0.3) is 5.52 Å². The minimum atomic E-state index is 0.0743. The molecule has 4 heterocycles. The predicted octanol–water partition coefficient (Wildman–Crippen LogP) is 2.95. The summed E-state index contributed by atoms with van der Waals surface area (Å²) in [5.41, 5.74) is 2.79. The van der Waals surface area contributed by atoms with Crippen LogP contribution in [0.5, 0.6) is 0 Å². The molecule has 2 amide bonds. The van der Waals surface area contributed by atoms with Crippen LogP contribution in [-0.4, -0.2) is 70.6 Å². The lowest BCUT2D eigenvalue weighted by Crippen LogP contribution is -2.40. The number of carbonyl (C=O) groups is 2. The summed E-state index contributed by atoms with van der Waals surface area (Å²) in [6.45, 7) is 8.03. The molecule has 0 aromatic carbocycles. The third kappa shape index (κ3) is 4.36. The minimum absolute atomic E-state index is 0.0743. The molecular formula is C23H32N4O3. The van der Waals surface area contributed by atoms with Crippen LogP contribution in [0.2, 0.25) is 0 Å². The molecule has 2 aromatic heterocycles. The van der Waals surface area contributed by atoms with Crippen LogP contribution in [0.4, 0.5) is 0 Å². The number of amides is 2. The van der Waals surface area contributed by atoms with Gasteiger partial charge in [-0.15, -0.1) is 0 Å². The maximum atomic E-state index is 13.1. The average molecular weight is 413 g/mol. The number of carbonyl (C=O) groups excluding carboxylic acids is 2. The second-order valence-corrected chi connectivity index (χ2v) is 8.62. The molecule has 0 bridgehead atoms. The summed E-state index contributed by atoms with van der Waals surface area (Å²) in [4.78, 5) is 29.1. The lowest BCUT2D eigenvalue weighted by molar-refractivity contribution is -0.137. The first-order valence-corrected chi connectivity index (χ1v) is 11.2. The van der Waals surface area contributed by atoms with Crippen LogP contribution in [0.15, 0.2) is 24.5 Å². The van der Waals surface area contributed by atoms with E-state index < -0.39 is 0 Å². The molecule has 2 saturated heterocycles. The van der Waals surface area contributed by atoms with E-state index in [4.69, 9.17) is 4.74 Å². The number of likely N-dealkylation sites (tertiary alicyclic amines) is 2. The number of fused-ring (bicyclic) bond motifs is 1. The van der Waals surface area contributed by atoms with Crippen LogP contribution in [0.1, 0.15) is 61.4 Å². The summed E-state index contributed by atoms with van der Waals surface area (Å²) in [6.07, 6.45) is 7.64. The smallest absolute Gasteiger partial charge is 0.257 e. The Morgan fingerprint density at radius 1 is 1.10 bits per heavy atom. The van der Waals surface area contributed by atoms with E-state index in [1.807, 2.05) is 22.9 Å². The van der Waals surface area contributed by atoms with E-state index in [-0.39, 0.29) is 18.4 Å². The van der Waals surface area contributed by atoms with Gasteiger partial charge in [-0.3, -0.25) is 9.59 Å². The molecule has 0 radical (unpaired) electrons. The summed E-state index contributed by atoms with van der Waals surface area (Å²) in [5, 5.41) is 4.40. The Morgan fingerprint density at radius 2 is 1.80 bits per heavy atom. The Hall–Kier alpha value is -2.41. The van der Waals surface area contributed by atoms with Gasteiger partial charge in [0.1, 0.15) is 6.61 Å². The van der Waals surface area contributed by atoms with E-state index in [1.165, 1.54) is 5.56 Å². The molecule has 0 aliphatic carbocycles. The molecule has 7 heteroatoms. The maximum absolute atomic E-state index is 13.1. The first kappa shape index (κ1) is 20.8. The first-order valence-electron chi connectivity index (χ1n) is 11.2. The van der Waals surface area contributed by atoms with Gasteiger partial charge in [0.25, 0.3) is 5.91 Å². The van der Waals surface area contributed by atoms with Crippen LogP contribution < -0.4 is 0 Å². The molecule has 0 unspecified atom stereocenters. The maximum Gasteiger partial charge on any atom is 0.257 e. The van der Waals surface area contributed by atoms with Gasteiger partial charge in [-0.1, -0.05) is 6.92 Å². The van der Waals surface area contributed by atoms with Gasteiger partial charge in [-0.05, 0) is 62.1 Å². The Balaban J connectivity index is 1.46. The van der Waals surface area contributed by atoms with Crippen molar-refractivity contribution in [1.29, 1.82) is 0 Å². The normalized spacial score (nSPS) is 18.9. The fourth-order valence-electron chi connectivity index (χ4n) is 4.54. The number of pyridine rings is 1. The van der Waals surface area contributed by atoms with E-state index in [9.17, 15) is 9.59 Å². The van der Waals surface area contributed by atoms with Gasteiger partial charge < -0.3 is 14.5 Å². The van der Waals surface area contributed by atoms with E-state index in [0.717, 1.165) is 57.4 Å². The Morgan fingerprint density at radius 3 is 2.50 bits per heavy atom. The molecule has 4 rings (SSSR count). The Kier molecular flexibility index (Phi) is 6.37. The highest BCUT2D eigenvalue weighted by Crippen LogP contribution is 2.30. The van der Waals surface area contributed by atoms with Crippen LogP contribution in [0, 0.1) is 5.92 Å². The molecule has 0 N–H and O–H groups in total. The summed E-state index contributed by atoms with van der Waals surface area (Å²) in [7, 11) is 0. The van der Waals surface area contributed by atoms with Gasteiger partial charge in [0.15, 0.2) is 0 Å². The third-order valence-electron chi connectivity index (χ3n) is 6.60. The zero-order valence-electron chi connectivity index (χ0n) is 18.0. The second kappa shape index (κ2) is 9.16. The fraction of sp³-hybridized carbons (Fsp3) is 0.609. The van der Waals surface area contributed by atoms with Gasteiger partial charge in [0.05, 0.1) is 17.3 Å². The molecular weight excluding hydrogens is 380 g/mol. The standard InChI is InChI=1S/C23H32N4O3/c1-3-30-16-22(28)25-11-6-18(7-12-25)19-8-13-27-21(14-19)20(15-24-27)23(29)26-9-4-17(2)5-10-26/h8,13-15,17-18H,3-7,9-12,16H2,1-2H3. The highest BCUT2D eigenvalue weighted by Gasteiger charge is 2.26. The van der Waals surface area contributed by atoms with Crippen LogP contribution in [0.3, 0.4) is 0 Å². The molecule has 2 aliphatic rings. The van der Waals surface area contributed by atoms with Crippen molar-refractivity contribution in [3.05, 3.63) is 35.7 Å². The molecule has 2 fully saturated rings. The summed E-state index contributed by atoms with van der Waals surface area (Å²) >= 11 is 0. The number of hydrogen-bond donors (Lipinski definition) is 0. The SMILES string of the molecule is CCOCC(=O)N1CCC(c2ccn3ncc(C(=O)N4CCC(C)CC4)c3c2)CC1. The van der Waals surface area contributed by atoms with Crippen molar-refractivity contribution in [3.8, 4) is 0 Å². The van der Waals surface area contributed by atoms with Crippen molar-refractivity contribution in [2.45, 2.75) is 45.4 Å². The monoisotopic (exact) mass is 412 g/mol. The van der Waals surface area contributed by atoms with Crippen molar-refractivity contribution in [3.63, 3.8) is 0 Å². The zero-order valence-corrected chi connectivity index (χ0v) is 18.0. The molecule has 0 atom stereocenters. The summed E-state index contributed by atoms with van der Waals surface area (Å²) < 4.78 is 7.05. The van der Waals surface area contributed by atoms with Gasteiger partial charge >= 0.3 is 0 Å². The second-order valence-electron chi connectivity index (χ2n) is 8.62. The van der Waals surface area contributed by atoms with Crippen molar-refractivity contribution in [2.75, 3.05) is 39.4 Å². The quantitative estimate of drug-likeness (QED) is 0.757. The van der Waals surface area contributed by atoms with Crippen molar-refractivity contribution in [2.24, 2.45) is 5.92 Å². The number of aromatic nitrogens is 2. The Bertz CT molecular complexity index is 893. The average Bonchev–Trinajstić information content (AvgIpc) is 3.21. The predicted molar refractivity (Wildman–Crippen MR) is 115 cm³/mol. The molecule has 0 saturated carbocycles. The topological polar surface area (TPSA) is 67.2 Å². The fourth-order valence-corrected chi connectivity index (χ4v) is 4.54. The number of ether oxygens (including phenoxy) is 1.